The van der Waals surface area contributed by atoms with E-state index < -0.39 is 6.04 Å². The number of rotatable bonds is 8. The highest BCUT2D eigenvalue weighted by atomic mass is 16.5. The van der Waals surface area contributed by atoms with Crippen LogP contribution in [0.15, 0.2) is 48.5 Å². The number of nitrogens with one attached hydrogen (secondary N) is 2. The molecule has 2 aromatic rings. The molecule has 5 nitrogen and oxygen atoms in total. The van der Waals surface area contributed by atoms with Gasteiger partial charge in [0.1, 0.15) is 5.75 Å². The van der Waals surface area contributed by atoms with Crippen LogP contribution in [0.3, 0.4) is 0 Å². The van der Waals surface area contributed by atoms with E-state index >= 15 is 0 Å². The molecule has 150 valence electrons. The van der Waals surface area contributed by atoms with E-state index in [0.29, 0.717) is 17.8 Å². The molecule has 1 saturated carbocycles. The molecule has 2 aromatic carbocycles. The minimum atomic E-state index is -0.447. The first-order chi connectivity index (χ1) is 13.5. The van der Waals surface area contributed by atoms with E-state index in [4.69, 9.17) is 4.74 Å². The smallest absolute Gasteiger partial charge is 0.319 e. The second-order valence-corrected chi connectivity index (χ2v) is 7.93. The number of hydrogen-bond donors (Lipinski definition) is 3. The van der Waals surface area contributed by atoms with Gasteiger partial charge >= 0.3 is 6.03 Å². The van der Waals surface area contributed by atoms with Crippen molar-refractivity contribution in [3.05, 3.63) is 59.7 Å². The van der Waals surface area contributed by atoms with Crippen molar-refractivity contribution in [3.63, 3.8) is 0 Å². The highest BCUT2D eigenvalue weighted by Gasteiger charge is 2.40. The maximum atomic E-state index is 12.5. The zero-order valence-electron chi connectivity index (χ0n) is 16.8. The van der Waals surface area contributed by atoms with Crippen LogP contribution in [-0.2, 0) is 0 Å². The van der Waals surface area contributed by atoms with Crippen LogP contribution in [0.4, 0.5) is 10.5 Å². The minimum Gasteiger partial charge on any atom is -0.496 e. The van der Waals surface area contributed by atoms with Crippen molar-refractivity contribution in [1.29, 1.82) is 0 Å². The summed E-state index contributed by atoms with van der Waals surface area (Å²) in [5.74, 6) is 2.74. The molecule has 1 aliphatic carbocycles. The first kappa shape index (κ1) is 20.2. The molecule has 0 radical (unpaired) electrons. The van der Waals surface area contributed by atoms with Crippen LogP contribution in [-0.4, -0.2) is 24.9 Å². The number of hydrogen-bond acceptors (Lipinski definition) is 3. The molecule has 3 atom stereocenters. The minimum absolute atomic E-state index is 0.162. The Kier molecular flexibility index (Phi) is 6.57. The van der Waals surface area contributed by atoms with Gasteiger partial charge in [-0.15, -0.1) is 0 Å². The molecule has 0 aromatic heterocycles. The highest BCUT2D eigenvalue weighted by molar-refractivity contribution is 5.89. The van der Waals surface area contributed by atoms with Gasteiger partial charge in [-0.2, -0.15) is 0 Å². The van der Waals surface area contributed by atoms with Gasteiger partial charge in [-0.25, -0.2) is 4.79 Å². The van der Waals surface area contributed by atoms with E-state index in [-0.39, 0.29) is 12.6 Å². The van der Waals surface area contributed by atoms with Crippen molar-refractivity contribution in [2.45, 2.75) is 38.6 Å². The lowest BCUT2D eigenvalue weighted by atomic mass is 10.0. The average molecular weight is 383 g/mol. The molecular formula is C23H30N2O3. The third-order valence-corrected chi connectivity index (χ3v) is 5.27. The van der Waals surface area contributed by atoms with Gasteiger partial charge in [0.05, 0.1) is 19.8 Å². The number of amides is 2. The fraction of sp³-hybridized carbons (Fsp3) is 0.435. The second kappa shape index (κ2) is 9.11. The van der Waals surface area contributed by atoms with E-state index in [2.05, 4.69) is 24.5 Å². The summed E-state index contributed by atoms with van der Waals surface area (Å²) in [5.41, 5.74) is 2.76. The third-order valence-electron chi connectivity index (χ3n) is 5.27. The number of aliphatic hydroxyl groups excluding tert-OH is 1. The van der Waals surface area contributed by atoms with Gasteiger partial charge in [0.2, 0.25) is 0 Å². The van der Waals surface area contributed by atoms with Crippen LogP contribution < -0.4 is 15.4 Å². The normalized spacial score (nSPS) is 19.2. The van der Waals surface area contributed by atoms with Crippen LogP contribution in [0.1, 0.15) is 49.8 Å². The first-order valence-corrected chi connectivity index (χ1v) is 9.93. The van der Waals surface area contributed by atoms with Crippen LogP contribution >= 0.6 is 0 Å². The Morgan fingerprint density at radius 2 is 1.96 bits per heavy atom. The van der Waals surface area contributed by atoms with Gasteiger partial charge in [0.15, 0.2) is 0 Å². The molecule has 0 bridgehead atoms. The monoisotopic (exact) mass is 382 g/mol. The van der Waals surface area contributed by atoms with Crippen molar-refractivity contribution in [2.75, 3.05) is 19.0 Å². The maximum absolute atomic E-state index is 12.5. The summed E-state index contributed by atoms with van der Waals surface area (Å²) >= 11 is 0. The predicted molar refractivity (Wildman–Crippen MR) is 112 cm³/mol. The van der Waals surface area contributed by atoms with E-state index in [9.17, 15) is 9.90 Å². The summed E-state index contributed by atoms with van der Waals surface area (Å²) in [6.07, 6.45) is 2.38. The molecule has 2 amide bonds. The van der Waals surface area contributed by atoms with Gasteiger partial charge in [-0.3, -0.25) is 0 Å². The van der Waals surface area contributed by atoms with E-state index in [1.807, 2.05) is 48.5 Å². The third kappa shape index (κ3) is 5.04. The number of carbonyl (C=O) groups excluding carboxylic acids is 1. The molecule has 1 fully saturated rings. The van der Waals surface area contributed by atoms with Gasteiger partial charge in [0.25, 0.3) is 0 Å². The van der Waals surface area contributed by atoms with Crippen LogP contribution in [0.2, 0.25) is 0 Å². The summed E-state index contributed by atoms with van der Waals surface area (Å²) in [7, 11) is 1.68. The van der Waals surface area contributed by atoms with Gasteiger partial charge in [-0.05, 0) is 59.9 Å². The number of methoxy groups -OCH3 is 1. The largest absolute Gasteiger partial charge is 0.496 e. The predicted octanol–water partition coefficient (Wildman–Crippen LogP) is 4.70. The lowest BCUT2D eigenvalue weighted by molar-refractivity contribution is 0.225. The Balaban J connectivity index is 1.67. The van der Waals surface area contributed by atoms with E-state index in [0.717, 1.165) is 22.6 Å². The van der Waals surface area contributed by atoms with Crippen LogP contribution in [0.25, 0.3) is 0 Å². The molecule has 1 unspecified atom stereocenters. The Bertz CT molecular complexity index is 792. The fourth-order valence-electron chi connectivity index (χ4n) is 3.84. The molecule has 3 N–H and O–H groups in total. The van der Waals surface area contributed by atoms with Crippen LogP contribution in [0.5, 0.6) is 5.75 Å². The summed E-state index contributed by atoms with van der Waals surface area (Å²) in [6.45, 7) is 4.34. The number of carbonyl (C=O) groups is 1. The lowest BCUT2D eigenvalue weighted by Crippen LogP contribution is -2.34. The molecule has 0 heterocycles. The molecule has 3 rings (SSSR count). The van der Waals surface area contributed by atoms with Crippen molar-refractivity contribution >= 4 is 11.7 Å². The fourth-order valence-corrected chi connectivity index (χ4v) is 3.84. The van der Waals surface area contributed by atoms with Gasteiger partial charge < -0.3 is 20.5 Å². The van der Waals surface area contributed by atoms with Crippen molar-refractivity contribution in [2.24, 2.45) is 11.8 Å². The summed E-state index contributed by atoms with van der Waals surface area (Å²) in [4.78, 5) is 12.5. The topological polar surface area (TPSA) is 70.6 Å². The van der Waals surface area contributed by atoms with E-state index in [1.165, 1.54) is 12.8 Å². The average Bonchev–Trinajstić information content (AvgIpc) is 3.44. The second-order valence-electron chi connectivity index (χ2n) is 7.93. The molecule has 5 heteroatoms. The molecule has 1 aliphatic rings. The number of aliphatic hydroxyl groups is 1. The van der Waals surface area contributed by atoms with Crippen molar-refractivity contribution < 1.29 is 14.6 Å². The Morgan fingerprint density at radius 3 is 2.61 bits per heavy atom. The zero-order valence-corrected chi connectivity index (χ0v) is 16.8. The Morgan fingerprint density at radius 1 is 1.21 bits per heavy atom. The molecule has 0 saturated heterocycles. The number of anilines is 1. The summed E-state index contributed by atoms with van der Waals surface area (Å²) in [5, 5.41) is 15.3. The quantitative estimate of drug-likeness (QED) is 0.620. The number of urea groups is 1. The van der Waals surface area contributed by atoms with Gasteiger partial charge in [0, 0.05) is 5.69 Å². The molecular weight excluding hydrogens is 352 g/mol. The molecule has 28 heavy (non-hydrogen) atoms. The first-order valence-electron chi connectivity index (χ1n) is 9.93. The van der Waals surface area contributed by atoms with E-state index in [1.54, 1.807) is 7.11 Å². The summed E-state index contributed by atoms with van der Waals surface area (Å²) < 4.78 is 5.54. The number of benzene rings is 2. The Labute approximate surface area is 167 Å². The zero-order chi connectivity index (χ0) is 20.1. The van der Waals surface area contributed by atoms with Gasteiger partial charge in [-0.1, -0.05) is 44.2 Å². The Hall–Kier alpha value is -2.53. The SMILES string of the molecule is COc1ccc(NC(=O)N[C@@H](CO)c2ccccc2)cc1C1C[C@H]1CC(C)C. The highest BCUT2D eigenvalue weighted by Crippen LogP contribution is 2.53. The number of ether oxygens (including phenoxy) is 1. The molecule has 0 aliphatic heterocycles. The molecule has 0 spiro atoms. The van der Waals surface area contributed by atoms with Crippen molar-refractivity contribution in [1.82, 2.24) is 5.32 Å². The maximum Gasteiger partial charge on any atom is 0.319 e. The summed E-state index contributed by atoms with van der Waals surface area (Å²) in [6, 6.07) is 14.4. The van der Waals surface area contributed by atoms with Crippen LogP contribution in [0, 0.1) is 11.8 Å². The van der Waals surface area contributed by atoms with Crippen molar-refractivity contribution in [3.8, 4) is 5.75 Å². The lowest BCUT2D eigenvalue weighted by Gasteiger charge is -2.18. The standard InChI is InChI=1S/C23H30N2O3/c1-15(2)11-17-12-19(17)20-13-18(9-10-22(20)28-3)24-23(27)25-21(14-26)16-7-5-4-6-8-16/h4-10,13,15,17,19,21,26H,11-12,14H2,1-3H3,(H2,24,25,27)/t17-,19?,21+/m1/s1.